The van der Waals surface area contributed by atoms with E-state index < -0.39 is 0 Å². The van der Waals surface area contributed by atoms with Gasteiger partial charge in [-0.15, -0.1) is 0 Å². The van der Waals surface area contributed by atoms with E-state index in [2.05, 4.69) is 79.0 Å². The van der Waals surface area contributed by atoms with E-state index in [9.17, 15) is 0 Å². The quantitative estimate of drug-likeness (QED) is 0.509. The van der Waals surface area contributed by atoms with E-state index in [1.165, 1.54) is 25.7 Å². The molecule has 0 atom stereocenters. The smallest absolute Gasteiger partial charge is 0.136 e. The molecule has 0 aliphatic heterocycles. The molecule has 104 valence electrons. The van der Waals surface area contributed by atoms with Crippen LogP contribution in [0.2, 0.25) is 0 Å². The van der Waals surface area contributed by atoms with Crippen LogP contribution in [0.4, 0.5) is 0 Å². The third-order valence-electron chi connectivity index (χ3n) is 4.42. The van der Waals surface area contributed by atoms with E-state index in [1.54, 1.807) is 0 Å². The fourth-order valence-corrected chi connectivity index (χ4v) is 3.82. The molecule has 2 heteroatoms. The van der Waals surface area contributed by atoms with Gasteiger partial charge in [-0.2, -0.15) is 0 Å². The summed E-state index contributed by atoms with van der Waals surface area (Å²) in [5.74, 6) is 0.965. The molecule has 0 N–H and O–H groups in total. The number of hydrogen-bond donors (Lipinski definition) is 0. The Balaban J connectivity index is 2.14. The van der Waals surface area contributed by atoms with Crippen molar-refractivity contribution in [3.05, 3.63) is 68.5 Å². The van der Waals surface area contributed by atoms with Crippen LogP contribution in [-0.4, -0.2) is 0 Å². The van der Waals surface area contributed by atoms with Gasteiger partial charge in [0.2, 0.25) is 0 Å². The summed E-state index contributed by atoms with van der Waals surface area (Å²) >= 11 is 2.39. The fraction of sp³-hybridized carbons (Fsp3) is 0.158. The second-order valence-corrected chi connectivity index (χ2v) is 7.20. The Kier molecular flexibility index (Phi) is 2.80. The van der Waals surface area contributed by atoms with Gasteiger partial charge in [-0.3, -0.25) is 0 Å². The largest absolute Gasteiger partial charge is 0.456 e. The zero-order chi connectivity index (χ0) is 14.6. The standard InChI is InChI=1S/C19H15IO/c1-19(2)12-6-3-4-7-13(19)11-17-14(10-12)18-15(20)8-5-9-16(18)21-17/h3-11H,1-2H3. The maximum atomic E-state index is 6.11. The van der Waals surface area contributed by atoms with Gasteiger partial charge in [-0.1, -0.05) is 44.2 Å². The highest BCUT2D eigenvalue weighted by Gasteiger charge is 2.30. The van der Waals surface area contributed by atoms with Crippen LogP contribution >= 0.6 is 22.6 Å². The minimum Gasteiger partial charge on any atom is -0.456 e. The minimum atomic E-state index is -0.00240. The Hall–Kier alpha value is -1.55. The van der Waals surface area contributed by atoms with Gasteiger partial charge in [0, 0.05) is 19.9 Å². The maximum Gasteiger partial charge on any atom is 0.136 e. The number of hydrogen-bond acceptors (Lipinski definition) is 1. The maximum absolute atomic E-state index is 6.11. The molecule has 0 amide bonds. The highest BCUT2D eigenvalue weighted by molar-refractivity contribution is 14.1. The second-order valence-electron chi connectivity index (χ2n) is 6.04. The topological polar surface area (TPSA) is 13.1 Å². The first-order valence-corrected chi connectivity index (χ1v) is 8.15. The van der Waals surface area contributed by atoms with Gasteiger partial charge in [0.25, 0.3) is 0 Å². The SMILES string of the molecule is CC1(C)C2=Cc3oc4cccc(I)c4c3C=C1C=CC=C2. The van der Waals surface area contributed by atoms with Crippen molar-refractivity contribution in [2.45, 2.75) is 13.8 Å². The summed E-state index contributed by atoms with van der Waals surface area (Å²) in [7, 11) is 0. The molecule has 0 radical (unpaired) electrons. The molecule has 1 heterocycles. The Morgan fingerprint density at radius 3 is 2.48 bits per heavy atom. The Morgan fingerprint density at radius 1 is 1.00 bits per heavy atom. The summed E-state index contributed by atoms with van der Waals surface area (Å²) in [5, 5.41) is 1.22. The highest BCUT2D eigenvalue weighted by atomic mass is 127. The summed E-state index contributed by atoms with van der Waals surface area (Å²) in [6, 6.07) is 6.22. The number of rotatable bonds is 0. The average Bonchev–Trinajstić information content (AvgIpc) is 2.68. The summed E-state index contributed by atoms with van der Waals surface area (Å²) in [5.41, 5.74) is 4.77. The van der Waals surface area contributed by atoms with E-state index in [0.29, 0.717) is 0 Å². The second kappa shape index (κ2) is 4.47. The lowest BCUT2D eigenvalue weighted by Crippen LogP contribution is -2.14. The molecule has 2 aliphatic carbocycles. The van der Waals surface area contributed by atoms with E-state index in [0.717, 1.165) is 11.3 Å². The molecule has 1 nitrogen and oxygen atoms in total. The molecule has 21 heavy (non-hydrogen) atoms. The van der Waals surface area contributed by atoms with Crippen molar-refractivity contribution in [2.24, 2.45) is 5.41 Å². The first-order valence-electron chi connectivity index (χ1n) is 7.07. The van der Waals surface area contributed by atoms with Crippen LogP contribution in [-0.2, 0) is 0 Å². The van der Waals surface area contributed by atoms with Gasteiger partial charge in [0.05, 0.1) is 0 Å². The summed E-state index contributed by atoms with van der Waals surface area (Å²) in [4.78, 5) is 0. The summed E-state index contributed by atoms with van der Waals surface area (Å²) in [6.07, 6.45) is 13.1. The van der Waals surface area contributed by atoms with Gasteiger partial charge in [0.1, 0.15) is 11.3 Å². The molecule has 1 aromatic heterocycles. The van der Waals surface area contributed by atoms with E-state index in [1.807, 2.05) is 12.1 Å². The third-order valence-corrected chi connectivity index (χ3v) is 5.32. The minimum absolute atomic E-state index is 0.00240. The first-order chi connectivity index (χ1) is 10.1. The van der Waals surface area contributed by atoms with Crippen LogP contribution < -0.4 is 0 Å². The Bertz CT molecular complexity index is 872. The summed E-state index contributed by atoms with van der Waals surface area (Å²) in [6.45, 7) is 4.54. The number of benzene rings is 1. The lowest BCUT2D eigenvalue weighted by molar-refractivity contribution is 0.571. The van der Waals surface area contributed by atoms with Crippen molar-refractivity contribution >= 4 is 45.7 Å². The van der Waals surface area contributed by atoms with Crippen LogP contribution in [0.25, 0.3) is 23.1 Å². The van der Waals surface area contributed by atoms with E-state index in [-0.39, 0.29) is 5.41 Å². The Labute approximate surface area is 137 Å². The van der Waals surface area contributed by atoms with Crippen LogP contribution in [0.1, 0.15) is 25.2 Å². The van der Waals surface area contributed by atoms with Crippen LogP contribution in [0.15, 0.2) is 58.1 Å². The number of halogens is 1. The van der Waals surface area contributed by atoms with Crippen molar-refractivity contribution in [2.75, 3.05) is 0 Å². The first kappa shape index (κ1) is 13.1. The van der Waals surface area contributed by atoms with Crippen LogP contribution in [0, 0.1) is 8.99 Å². The molecule has 1 aromatic carbocycles. The molecule has 0 saturated heterocycles. The summed E-state index contributed by atoms with van der Waals surface area (Å²) < 4.78 is 7.34. The molecule has 0 saturated carbocycles. The monoisotopic (exact) mass is 386 g/mol. The van der Waals surface area contributed by atoms with Gasteiger partial charge < -0.3 is 4.42 Å². The lowest BCUT2D eigenvalue weighted by Gasteiger charge is -2.26. The molecular formula is C19H15IO. The van der Waals surface area contributed by atoms with Gasteiger partial charge >= 0.3 is 0 Å². The molecule has 2 bridgehead atoms. The van der Waals surface area contributed by atoms with Crippen LogP contribution in [0.3, 0.4) is 0 Å². The van der Waals surface area contributed by atoms with Crippen molar-refractivity contribution in [3.63, 3.8) is 0 Å². The highest BCUT2D eigenvalue weighted by Crippen LogP contribution is 2.45. The number of furan rings is 1. The lowest BCUT2D eigenvalue weighted by atomic mass is 9.78. The van der Waals surface area contributed by atoms with Crippen molar-refractivity contribution < 1.29 is 4.42 Å². The van der Waals surface area contributed by atoms with Gasteiger partial charge in [-0.25, -0.2) is 0 Å². The zero-order valence-corrected chi connectivity index (χ0v) is 14.1. The predicted molar refractivity (Wildman–Crippen MR) is 96.9 cm³/mol. The molecule has 0 fully saturated rings. The molecule has 2 aliphatic rings. The molecule has 4 rings (SSSR count). The molecule has 2 aromatic rings. The van der Waals surface area contributed by atoms with E-state index >= 15 is 0 Å². The van der Waals surface area contributed by atoms with Crippen molar-refractivity contribution in [3.8, 4) is 0 Å². The van der Waals surface area contributed by atoms with Crippen molar-refractivity contribution in [1.82, 2.24) is 0 Å². The van der Waals surface area contributed by atoms with Gasteiger partial charge in [0.15, 0.2) is 0 Å². The molecule has 0 spiro atoms. The van der Waals surface area contributed by atoms with Crippen LogP contribution in [0.5, 0.6) is 0 Å². The number of fused-ring (bicyclic) bond motifs is 5. The number of allylic oxidation sites excluding steroid dienone is 6. The van der Waals surface area contributed by atoms with Crippen molar-refractivity contribution in [1.29, 1.82) is 0 Å². The molecule has 0 unspecified atom stereocenters. The third kappa shape index (κ3) is 1.89. The normalized spacial score (nSPS) is 18.8. The van der Waals surface area contributed by atoms with Gasteiger partial charge in [-0.05, 0) is 58.0 Å². The Morgan fingerprint density at radius 2 is 1.71 bits per heavy atom. The fourth-order valence-electron chi connectivity index (χ4n) is 3.05. The predicted octanol–water partition coefficient (Wildman–Crippen LogP) is 5.97. The molecular weight excluding hydrogens is 371 g/mol. The average molecular weight is 386 g/mol. The zero-order valence-electron chi connectivity index (χ0n) is 12.0. The van der Waals surface area contributed by atoms with E-state index in [4.69, 9.17) is 4.42 Å².